The van der Waals surface area contributed by atoms with Crippen LogP contribution in [0.25, 0.3) is 0 Å². The van der Waals surface area contributed by atoms with Crippen LogP contribution in [-0.4, -0.2) is 51.0 Å². The maximum atomic E-state index is 9.71. The van der Waals surface area contributed by atoms with Gasteiger partial charge in [-0.25, -0.2) is 4.79 Å². The molecule has 0 aromatic heterocycles. The molecule has 0 heterocycles. The average Bonchev–Trinajstić information content (AvgIpc) is 2.28. The summed E-state index contributed by atoms with van der Waals surface area (Å²) in [4.78, 5) is 8.56. The fourth-order valence-corrected chi connectivity index (χ4v) is 2.15. The molecule has 0 aliphatic heterocycles. The van der Waals surface area contributed by atoms with Crippen LogP contribution < -0.4 is 0 Å². The first kappa shape index (κ1) is 20.5. The van der Waals surface area contributed by atoms with Gasteiger partial charge in [-0.2, -0.15) is 0 Å². The van der Waals surface area contributed by atoms with Crippen molar-refractivity contribution in [3.05, 3.63) is 0 Å². The van der Waals surface area contributed by atoms with Gasteiger partial charge in [-0.05, 0) is 30.6 Å². The quantitative estimate of drug-likeness (QED) is 0.524. The predicted octanol–water partition coefficient (Wildman–Crippen LogP) is 1.63. The lowest BCUT2D eigenvalue weighted by Crippen LogP contribution is -2.31. The molecule has 5 N–H and O–H groups in total. The molecule has 0 radical (unpaired) electrons. The second-order valence-electron chi connectivity index (χ2n) is 5.12. The molecule has 19 heavy (non-hydrogen) atoms. The molecule has 3 atom stereocenters. The van der Waals surface area contributed by atoms with E-state index >= 15 is 0 Å². The van der Waals surface area contributed by atoms with Gasteiger partial charge >= 0.3 is 6.16 Å². The molecule has 6 heteroatoms. The second kappa shape index (κ2) is 12.2. The largest absolute Gasteiger partial charge is 0.503 e. The van der Waals surface area contributed by atoms with Crippen LogP contribution in [0.3, 0.4) is 0 Å². The third-order valence-electron chi connectivity index (χ3n) is 3.09. The molecule has 1 aliphatic carbocycles. The van der Waals surface area contributed by atoms with Gasteiger partial charge in [0.25, 0.3) is 0 Å². The van der Waals surface area contributed by atoms with E-state index in [-0.39, 0.29) is 19.3 Å². The van der Waals surface area contributed by atoms with Gasteiger partial charge in [0, 0.05) is 0 Å². The van der Waals surface area contributed by atoms with E-state index in [1.54, 1.807) is 0 Å². The summed E-state index contributed by atoms with van der Waals surface area (Å²) in [7, 11) is 0. The van der Waals surface area contributed by atoms with Crippen molar-refractivity contribution in [1.82, 2.24) is 0 Å². The van der Waals surface area contributed by atoms with Crippen molar-refractivity contribution in [2.24, 2.45) is 17.8 Å². The Hall–Kier alpha value is -0.850. The molecule has 1 saturated carbocycles. The first-order valence-corrected chi connectivity index (χ1v) is 6.57. The number of carbonyl (C=O) groups is 1. The highest BCUT2D eigenvalue weighted by Crippen LogP contribution is 2.33. The third kappa shape index (κ3) is 13.4. The molecule has 1 aliphatic rings. The molecule has 0 aromatic carbocycles. The second-order valence-corrected chi connectivity index (χ2v) is 5.12. The highest BCUT2D eigenvalue weighted by Gasteiger charge is 2.28. The molecule has 0 spiro atoms. The van der Waals surface area contributed by atoms with E-state index in [1.165, 1.54) is 12.8 Å². The van der Waals surface area contributed by atoms with Crippen LogP contribution in [0.4, 0.5) is 4.79 Å². The molecule has 0 amide bonds. The summed E-state index contributed by atoms with van der Waals surface area (Å²) >= 11 is 0. The Kier molecular flexibility index (Phi) is 13.1. The van der Waals surface area contributed by atoms with E-state index in [4.69, 9.17) is 25.2 Å². The van der Waals surface area contributed by atoms with Crippen LogP contribution in [0.2, 0.25) is 0 Å². The zero-order valence-electron chi connectivity index (χ0n) is 12.0. The Morgan fingerprint density at radius 3 is 1.84 bits per heavy atom. The average molecular weight is 280 g/mol. The van der Waals surface area contributed by atoms with Gasteiger partial charge in [0.15, 0.2) is 0 Å². The zero-order chi connectivity index (χ0) is 15.4. The molecule has 0 bridgehead atoms. The summed E-state index contributed by atoms with van der Waals surface area (Å²) in [5.41, 5.74) is 0. The fraction of sp³-hybridized carbons (Fsp3) is 0.923. The fourth-order valence-electron chi connectivity index (χ4n) is 2.15. The van der Waals surface area contributed by atoms with Crippen LogP contribution >= 0.6 is 0 Å². The van der Waals surface area contributed by atoms with E-state index in [0.717, 1.165) is 12.3 Å². The zero-order valence-corrected chi connectivity index (χ0v) is 12.0. The molecular formula is C13H28O6. The smallest absolute Gasteiger partial charge is 0.450 e. The number of carboxylic acid groups (broad SMARTS) is 2. The normalized spacial score (nSPS) is 25.7. The Labute approximate surface area is 114 Å². The Balaban J connectivity index is 0. The molecule has 116 valence electrons. The molecule has 1 rings (SSSR count). The van der Waals surface area contributed by atoms with E-state index in [1.807, 2.05) is 0 Å². The highest BCUT2D eigenvalue weighted by atomic mass is 16.6. The lowest BCUT2D eigenvalue weighted by molar-refractivity contribution is 0.0266. The first-order chi connectivity index (χ1) is 8.76. The molecular weight excluding hydrogens is 252 g/mol. The van der Waals surface area contributed by atoms with E-state index < -0.39 is 6.16 Å². The minimum atomic E-state index is -1.83. The Morgan fingerprint density at radius 1 is 1.16 bits per heavy atom. The lowest BCUT2D eigenvalue weighted by Gasteiger charge is -2.33. The highest BCUT2D eigenvalue weighted by molar-refractivity contribution is 5.53. The van der Waals surface area contributed by atoms with Crippen molar-refractivity contribution in [1.29, 1.82) is 0 Å². The number of aliphatic hydroxyl groups excluding tert-OH is 3. The van der Waals surface area contributed by atoms with Crippen molar-refractivity contribution in [2.75, 3.05) is 13.2 Å². The standard InChI is InChI=1S/C10H20O.C2H6O2.CH2O3/c1-7(2)9-5-4-8(3)6-10(9)11;3-1-2-4;2-1(3)4/h7-11H,4-6H2,1-3H3;3-4H,1-2H2;(H2,2,3,4). The van der Waals surface area contributed by atoms with Crippen molar-refractivity contribution in [3.8, 4) is 0 Å². The Morgan fingerprint density at radius 2 is 1.58 bits per heavy atom. The van der Waals surface area contributed by atoms with E-state index in [9.17, 15) is 5.11 Å². The minimum Gasteiger partial charge on any atom is -0.450 e. The summed E-state index contributed by atoms with van der Waals surface area (Å²) in [6.07, 6.45) is 1.68. The summed E-state index contributed by atoms with van der Waals surface area (Å²) in [5, 5.41) is 38.9. The van der Waals surface area contributed by atoms with Crippen LogP contribution in [0, 0.1) is 17.8 Å². The van der Waals surface area contributed by atoms with E-state index in [0.29, 0.717) is 11.8 Å². The van der Waals surface area contributed by atoms with Crippen LogP contribution in [0.1, 0.15) is 40.0 Å². The molecule has 1 fully saturated rings. The monoisotopic (exact) mass is 280 g/mol. The summed E-state index contributed by atoms with van der Waals surface area (Å²) in [6, 6.07) is 0. The number of hydrogen-bond donors (Lipinski definition) is 5. The summed E-state index contributed by atoms with van der Waals surface area (Å²) in [5.74, 6) is 1.95. The van der Waals surface area contributed by atoms with Crippen molar-refractivity contribution in [2.45, 2.75) is 46.1 Å². The molecule has 0 saturated heterocycles. The molecule has 0 aromatic rings. The number of hydrogen-bond acceptors (Lipinski definition) is 4. The first-order valence-electron chi connectivity index (χ1n) is 6.57. The van der Waals surface area contributed by atoms with Gasteiger partial charge in [0.2, 0.25) is 0 Å². The van der Waals surface area contributed by atoms with Crippen LogP contribution in [0.15, 0.2) is 0 Å². The maximum absolute atomic E-state index is 9.71. The van der Waals surface area contributed by atoms with E-state index in [2.05, 4.69) is 20.8 Å². The van der Waals surface area contributed by atoms with Crippen LogP contribution in [-0.2, 0) is 0 Å². The lowest BCUT2D eigenvalue weighted by atomic mass is 9.75. The van der Waals surface area contributed by atoms with Crippen molar-refractivity contribution in [3.63, 3.8) is 0 Å². The van der Waals surface area contributed by atoms with Gasteiger partial charge in [0.1, 0.15) is 0 Å². The third-order valence-corrected chi connectivity index (χ3v) is 3.09. The summed E-state index contributed by atoms with van der Waals surface area (Å²) in [6.45, 7) is 6.41. The van der Waals surface area contributed by atoms with Gasteiger partial charge < -0.3 is 25.5 Å². The van der Waals surface area contributed by atoms with Crippen molar-refractivity contribution >= 4 is 6.16 Å². The van der Waals surface area contributed by atoms with Crippen LogP contribution in [0.5, 0.6) is 0 Å². The Bertz CT molecular complexity index is 213. The maximum Gasteiger partial charge on any atom is 0.503 e. The van der Waals surface area contributed by atoms with Gasteiger partial charge in [-0.3, -0.25) is 0 Å². The molecule has 6 nitrogen and oxygen atoms in total. The van der Waals surface area contributed by atoms with Gasteiger partial charge in [-0.15, -0.1) is 0 Å². The predicted molar refractivity (Wildman–Crippen MR) is 72.2 cm³/mol. The summed E-state index contributed by atoms with van der Waals surface area (Å²) < 4.78 is 0. The van der Waals surface area contributed by atoms with Crippen molar-refractivity contribution < 1.29 is 30.3 Å². The topological polar surface area (TPSA) is 118 Å². The van der Waals surface area contributed by atoms with Gasteiger partial charge in [-0.1, -0.05) is 27.2 Å². The minimum absolute atomic E-state index is 0.0289. The number of rotatable bonds is 2. The molecule has 3 unspecified atom stereocenters. The SMILES string of the molecule is CC1CCC(C(C)C)C(O)C1.O=C(O)O.OCCO. The van der Waals surface area contributed by atoms with Gasteiger partial charge in [0.05, 0.1) is 19.3 Å². The number of aliphatic hydroxyl groups is 3.